The molecule has 0 aliphatic carbocycles. The molecule has 5 heteroatoms. The smallest absolute Gasteiger partial charge is 0.233 e. The Labute approximate surface area is 118 Å². The van der Waals surface area contributed by atoms with E-state index in [9.17, 15) is 0 Å². The summed E-state index contributed by atoms with van der Waals surface area (Å²) >= 11 is 3.49. The molecule has 1 N–H and O–H groups in total. The third-order valence-corrected chi connectivity index (χ3v) is 3.13. The summed E-state index contributed by atoms with van der Waals surface area (Å²) in [5, 5.41) is 3.24. The number of ether oxygens (including phenoxy) is 1. The number of anilines is 1. The number of nitrogens with zero attached hydrogens (tertiary/aromatic N) is 2. The van der Waals surface area contributed by atoms with E-state index in [-0.39, 0.29) is 6.10 Å². The van der Waals surface area contributed by atoms with Crippen molar-refractivity contribution in [1.29, 1.82) is 0 Å². The molecule has 1 unspecified atom stereocenters. The van der Waals surface area contributed by atoms with Crippen LogP contribution in [0, 0.1) is 5.92 Å². The number of halogens is 1. The summed E-state index contributed by atoms with van der Waals surface area (Å²) < 4.78 is 6.64. The van der Waals surface area contributed by atoms with Crippen LogP contribution in [0.15, 0.2) is 10.8 Å². The van der Waals surface area contributed by atoms with Crippen LogP contribution in [0.1, 0.15) is 40.5 Å². The van der Waals surface area contributed by atoms with Gasteiger partial charge in [-0.15, -0.1) is 0 Å². The van der Waals surface area contributed by atoms with Crippen LogP contribution < -0.4 is 10.1 Å². The molecule has 1 atom stereocenters. The SMILES string of the molecule is CCCNc1ncnc(OC(C)CC(C)C)c1Br. The lowest BCUT2D eigenvalue weighted by molar-refractivity contribution is 0.184. The molecule has 4 nitrogen and oxygen atoms in total. The van der Waals surface area contributed by atoms with E-state index in [2.05, 4.69) is 58.9 Å². The molecule has 0 saturated carbocycles. The van der Waals surface area contributed by atoms with Gasteiger partial charge in [-0.2, -0.15) is 0 Å². The topological polar surface area (TPSA) is 47.0 Å². The second kappa shape index (κ2) is 7.56. The van der Waals surface area contributed by atoms with Gasteiger partial charge in [0.05, 0.1) is 6.10 Å². The van der Waals surface area contributed by atoms with Gasteiger partial charge in [-0.3, -0.25) is 0 Å². The average molecular weight is 316 g/mol. The molecule has 1 heterocycles. The van der Waals surface area contributed by atoms with Crippen LogP contribution >= 0.6 is 15.9 Å². The Hall–Kier alpha value is -0.840. The summed E-state index contributed by atoms with van der Waals surface area (Å²) in [5.41, 5.74) is 0. The molecule has 1 aromatic heterocycles. The molecular formula is C13H22BrN3O. The first-order chi connectivity index (χ1) is 8.54. The zero-order chi connectivity index (χ0) is 13.5. The Bertz CT molecular complexity index is 371. The van der Waals surface area contributed by atoms with E-state index in [4.69, 9.17) is 4.74 Å². The van der Waals surface area contributed by atoms with Crippen molar-refractivity contribution in [2.24, 2.45) is 5.92 Å². The molecule has 0 aliphatic rings. The van der Waals surface area contributed by atoms with Crippen LogP contribution in [0.3, 0.4) is 0 Å². The van der Waals surface area contributed by atoms with Gasteiger partial charge in [-0.25, -0.2) is 9.97 Å². The molecule has 1 aromatic rings. The quantitative estimate of drug-likeness (QED) is 0.829. The highest BCUT2D eigenvalue weighted by atomic mass is 79.9. The fraction of sp³-hybridized carbons (Fsp3) is 0.692. The predicted molar refractivity (Wildman–Crippen MR) is 78.1 cm³/mol. The van der Waals surface area contributed by atoms with E-state index in [1.807, 2.05) is 0 Å². The normalized spacial score (nSPS) is 12.6. The molecule has 0 aromatic carbocycles. The molecule has 102 valence electrons. The van der Waals surface area contributed by atoms with Crippen molar-refractivity contribution in [2.45, 2.75) is 46.6 Å². The largest absolute Gasteiger partial charge is 0.474 e. The summed E-state index contributed by atoms with van der Waals surface area (Å²) in [6, 6.07) is 0. The maximum atomic E-state index is 5.84. The van der Waals surface area contributed by atoms with Crippen LogP contribution in [0.25, 0.3) is 0 Å². The van der Waals surface area contributed by atoms with E-state index >= 15 is 0 Å². The molecule has 18 heavy (non-hydrogen) atoms. The zero-order valence-electron chi connectivity index (χ0n) is 11.5. The number of hydrogen-bond acceptors (Lipinski definition) is 4. The standard InChI is InChI=1S/C13H22BrN3O/c1-5-6-15-12-11(14)13(17-8-16-12)18-10(4)7-9(2)3/h8-10H,5-7H2,1-4H3,(H,15,16,17). The third kappa shape index (κ3) is 4.80. The molecular weight excluding hydrogens is 294 g/mol. The van der Waals surface area contributed by atoms with Gasteiger partial charge in [0, 0.05) is 6.54 Å². The van der Waals surface area contributed by atoms with Crippen LogP contribution in [0.4, 0.5) is 5.82 Å². The zero-order valence-corrected chi connectivity index (χ0v) is 13.1. The average Bonchev–Trinajstić information content (AvgIpc) is 2.29. The lowest BCUT2D eigenvalue weighted by Crippen LogP contribution is -2.16. The Morgan fingerprint density at radius 1 is 1.33 bits per heavy atom. The Morgan fingerprint density at radius 2 is 2.06 bits per heavy atom. The van der Waals surface area contributed by atoms with Gasteiger partial charge in [-0.1, -0.05) is 20.8 Å². The summed E-state index contributed by atoms with van der Waals surface area (Å²) in [7, 11) is 0. The molecule has 0 radical (unpaired) electrons. The van der Waals surface area contributed by atoms with Gasteiger partial charge in [0.15, 0.2) is 0 Å². The Morgan fingerprint density at radius 3 is 2.67 bits per heavy atom. The van der Waals surface area contributed by atoms with E-state index in [0.29, 0.717) is 11.8 Å². The van der Waals surface area contributed by atoms with E-state index in [1.54, 1.807) is 0 Å². The maximum Gasteiger partial charge on any atom is 0.233 e. The van der Waals surface area contributed by atoms with Gasteiger partial charge in [0.25, 0.3) is 0 Å². The highest BCUT2D eigenvalue weighted by Gasteiger charge is 2.13. The summed E-state index contributed by atoms with van der Waals surface area (Å²) in [6.07, 6.45) is 3.74. The predicted octanol–water partition coefficient (Wildman–Crippen LogP) is 3.87. The number of aromatic nitrogens is 2. The molecule has 0 amide bonds. The fourth-order valence-corrected chi connectivity index (χ4v) is 2.14. The van der Waals surface area contributed by atoms with Gasteiger partial charge >= 0.3 is 0 Å². The maximum absolute atomic E-state index is 5.84. The summed E-state index contributed by atoms with van der Waals surface area (Å²) in [6.45, 7) is 9.43. The summed E-state index contributed by atoms with van der Waals surface area (Å²) in [4.78, 5) is 8.37. The van der Waals surface area contributed by atoms with E-state index < -0.39 is 0 Å². The summed E-state index contributed by atoms with van der Waals surface area (Å²) in [5.74, 6) is 2.01. The van der Waals surface area contributed by atoms with Crippen molar-refractivity contribution in [3.05, 3.63) is 10.8 Å². The Balaban J connectivity index is 2.70. The fourth-order valence-electron chi connectivity index (χ4n) is 1.71. The molecule has 0 aliphatic heterocycles. The second-order valence-corrected chi connectivity index (χ2v) is 5.62. The lowest BCUT2D eigenvalue weighted by atomic mass is 10.1. The lowest BCUT2D eigenvalue weighted by Gasteiger charge is -2.17. The van der Waals surface area contributed by atoms with Gasteiger partial charge in [-0.05, 0) is 41.6 Å². The van der Waals surface area contributed by atoms with Crippen LogP contribution in [0.5, 0.6) is 5.88 Å². The number of rotatable bonds is 7. The van der Waals surface area contributed by atoms with Crippen molar-refractivity contribution < 1.29 is 4.74 Å². The minimum Gasteiger partial charge on any atom is -0.474 e. The third-order valence-electron chi connectivity index (χ3n) is 2.42. The highest BCUT2D eigenvalue weighted by molar-refractivity contribution is 9.10. The highest BCUT2D eigenvalue weighted by Crippen LogP contribution is 2.29. The first kappa shape index (κ1) is 15.2. The van der Waals surface area contributed by atoms with Gasteiger partial charge in [0.1, 0.15) is 16.6 Å². The molecule has 0 fully saturated rings. The van der Waals surface area contributed by atoms with Gasteiger partial charge in [0.2, 0.25) is 5.88 Å². The first-order valence-electron chi connectivity index (χ1n) is 6.45. The Kier molecular flexibility index (Phi) is 6.39. The molecule has 0 spiro atoms. The number of hydrogen-bond donors (Lipinski definition) is 1. The monoisotopic (exact) mass is 315 g/mol. The van der Waals surface area contributed by atoms with Crippen LogP contribution in [0.2, 0.25) is 0 Å². The van der Waals surface area contributed by atoms with Crippen molar-refractivity contribution in [2.75, 3.05) is 11.9 Å². The van der Waals surface area contributed by atoms with E-state index in [1.165, 1.54) is 6.33 Å². The van der Waals surface area contributed by atoms with Crippen LogP contribution in [-0.2, 0) is 0 Å². The molecule has 1 rings (SSSR count). The molecule has 0 saturated heterocycles. The van der Waals surface area contributed by atoms with Crippen molar-refractivity contribution in [3.63, 3.8) is 0 Å². The number of nitrogens with one attached hydrogen (secondary N) is 1. The minimum absolute atomic E-state index is 0.148. The second-order valence-electron chi connectivity index (χ2n) is 4.83. The minimum atomic E-state index is 0.148. The van der Waals surface area contributed by atoms with Crippen LogP contribution in [-0.4, -0.2) is 22.6 Å². The van der Waals surface area contributed by atoms with Crippen molar-refractivity contribution in [1.82, 2.24) is 9.97 Å². The first-order valence-corrected chi connectivity index (χ1v) is 7.24. The molecule has 0 bridgehead atoms. The van der Waals surface area contributed by atoms with Crippen molar-refractivity contribution in [3.8, 4) is 5.88 Å². The van der Waals surface area contributed by atoms with Gasteiger partial charge < -0.3 is 10.1 Å². The van der Waals surface area contributed by atoms with E-state index in [0.717, 1.165) is 29.7 Å². The van der Waals surface area contributed by atoms with Crippen molar-refractivity contribution >= 4 is 21.7 Å².